The maximum absolute atomic E-state index is 15.6. The number of thiazole rings is 1. The van der Waals surface area contributed by atoms with Gasteiger partial charge in [-0.05, 0) is 47.9 Å². The van der Waals surface area contributed by atoms with Crippen LogP contribution >= 0.6 is 11.3 Å². The fraction of sp³-hybridized carbons (Fsp3) is 0.333. The van der Waals surface area contributed by atoms with Crippen molar-refractivity contribution in [1.29, 1.82) is 0 Å². The van der Waals surface area contributed by atoms with Crippen LogP contribution in [0.4, 0.5) is 45.0 Å². The first kappa shape index (κ1) is 39.3. The van der Waals surface area contributed by atoms with E-state index in [9.17, 15) is 40.7 Å². The second-order valence-corrected chi connectivity index (χ2v) is 16.1. The molecule has 0 bridgehead atoms. The standard InChI is InChI=1S/C39H30F8N8O4S/c40-19-9-17(10-20(41)13-19)11-26(50-28(56)15-55-32-29(31(53-55)39(45,46)47)21-2-3-24(21)38(32,43)44)30-22(18-1-4-25(42)23(12-18)33(48)57)14-27-34(51-30)52-35(60-27)54-7-5-37(6-8-54)16-49-36(58)59-37/h1-4,9-10,12-14,21,24,26H,5-8,11,15-16H2,(H2,48,57)(H,49,58)(H,50,56)/t21-,24+,26-/m0/s1. The number of alkyl carbamates (subject to hydrolysis) is 1. The Morgan fingerprint density at radius 2 is 1.77 bits per heavy atom. The van der Waals surface area contributed by atoms with E-state index in [1.54, 1.807) is 6.07 Å². The Hall–Kier alpha value is -6.12. The number of ether oxygens (including phenoxy) is 1. The van der Waals surface area contributed by atoms with Gasteiger partial charge in [0.25, 0.3) is 11.8 Å². The Labute approximate surface area is 337 Å². The number of alkyl halides is 5. The number of nitrogens with two attached hydrogens (primary N) is 1. The van der Waals surface area contributed by atoms with Gasteiger partial charge in [-0.15, -0.1) is 0 Å². The first-order chi connectivity index (χ1) is 28.4. The number of carbonyl (C=O) groups excluding carboxylic acids is 3. The van der Waals surface area contributed by atoms with Gasteiger partial charge in [-0.1, -0.05) is 29.6 Å². The van der Waals surface area contributed by atoms with Crippen molar-refractivity contribution >= 4 is 44.7 Å². The van der Waals surface area contributed by atoms with Crippen molar-refractivity contribution in [2.75, 3.05) is 24.5 Å². The van der Waals surface area contributed by atoms with Crippen LogP contribution in [0, 0.1) is 23.4 Å². The lowest BCUT2D eigenvalue weighted by Crippen LogP contribution is -2.46. The second kappa shape index (κ2) is 14.0. The molecule has 0 saturated carbocycles. The smallest absolute Gasteiger partial charge is 0.435 e. The summed E-state index contributed by atoms with van der Waals surface area (Å²) in [7, 11) is 0. The lowest BCUT2D eigenvalue weighted by Gasteiger charge is -2.36. The SMILES string of the molecule is NC(=O)c1cc(-c2cc3sc(N4CCC5(CC4)CNC(=O)O5)nc3nc2[C@H](Cc2cc(F)cc(F)c2)NC(=O)Cn2nc(C(F)(F)F)c3c2C(F)(F)[C@@H]2C=C[C@H]32)ccc1F. The molecule has 21 heteroatoms. The van der Waals surface area contributed by atoms with Gasteiger partial charge >= 0.3 is 12.3 Å². The molecular weight excluding hydrogens is 829 g/mol. The molecule has 9 rings (SSSR count). The minimum atomic E-state index is -5.13. The fourth-order valence-electron chi connectivity index (χ4n) is 8.40. The van der Waals surface area contributed by atoms with E-state index in [4.69, 9.17) is 20.4 Å². The minimum absolute atomic E-state index is 0.0144. The first-order valence-corrected chi connectivity index (χ1v) is 19.3. The third-order valence-corrected chi connectivity index (χ3v) is 12.4. The summed E-state index contributed by atoms with van der Waals surface area (Å²) in [5.74, 6) is -11.7. The molecule has 3 aromatic heterocycles. The molecule has 312 valence electrons. The molecule has 4 aliphatic rings. The van der Waals surface area contributed by atoms with Gasteiger partial charge in [0.15, 0.2) is 16.5 Å². The number of carbonyl (C=O) groups is 3. The summed E-state index contributed by atoms with van der Waals surface area (Å²) in [5, 5.41) is 9.23. The van der Waals surface area contributed by atoms with E-state index in [-0.39, 0.29) is 28.0 Å². The molecule has 12 nitrogen and oxygen atoms in total. The van der Waals surface area contributed by atoms with Gasteiger partial charge in [0.05, 0.1) is 34.5 Å². The number of hydrogen-bond acceptors (Lipinski definition) is 9. The highest BCUT2D eigenvalue weighted by Crippen LogP contribution is 2.60. The third-order valence-electron chi connectivity index (χ3n) is 11.3. The number of allylic oxidation sites excluding steroid dienone is 2. The van der Waals surface area contributed by atoms with Gasteiger partial charge in [-0.3, -0.25) is 14.3 Å². The normalized spacial score (nSPS) is 20.4. The topological polar surface area (TPSA) is 157 Å². The number of rotatable bonds is 9. The summed E-state index contributed by atoms with van der Waals surface area (Å²) in [6.45, 7) is 0.127. The monoisotopic (exact) mass is 858 g/mol. The Kier molecular flexibility index (Phi) is 9.17. The molecule has 60 heavy (non-hydrogen) atoms. The van der Waals surface area contributed by atoms with Crippen LogP contribution in [0.25, 0.3) is 21.5 Å². The van der Waals surface area contributed by atoms with Crippen molar-refractivity contribution in [2.24, 2.45) is 11.7 Å². The summed E-state index contributed by atoms with van der Waals surface area (Å²) in [5.41, 5.74) is 1.36. The number of aromatic nitrogens is 4. The van der Waals surface area contributed by atoms with E-state index in [2.05, 4.69) is 15.7 Å². The summed E-state index contributed by atoms with van der Waals surface area (Å²) in [6.07, 6.45) is -2.74. The summed E-state index contributed by atoms with van der Waals surface area (Å²) < 4.78 is 124. The lowest BCUT2D eigenvalue weighted by atomic mass is 9.81. The van der Waals surface area contributed by atoms with Crippen molar-refractivity contribution in [3.05, 3.63) is 106 Å². The molecule has 4 N–H and O–H groups in total. The molecule has 0 radical (unpaired) electrons. The number of anilines is 1. The maximum atomic E-state index is 15.6. The molecule has 2 saturated heterocycles. The van der Waals surface area contributed by atoms with Gasteiger partial charge in [0.2, 0.25) is 5.91 Å². The zero-order valence-electron chi connectivity index (χ0n) is 30.8. The molecule has 3 amide bonds. The molecule has 3 atom stereocenters. The van der Waals surface area contributed by atoms with E-state index < -0.39 is 106 Å². The predicted octanol–water partition coefficient (Wildman–Crippen LogP) is 6.64. The average Bonchev–Trinajstić information content (AvgIpc) is 3.87. The number of fused-ring (bicyclic) bond motifs is 4. The summed E-state index contributed by atoms with van der Waals surface area (Å²) in [4.78, 5) is 49.4. The predicted molar refractivity (Wildman–Crippen MR) is 197 cm³/mol. The number of nitrogens with one attached hydrogen (secondary N) is 2. The van der Waals surface area contributed by atoms with Crippen LogP contribution in [0.5, 0.6) is 0 Å². The highest BCUT2D eigenvalue weighted by atomic mass is 32.1. The van der Waals surface area contributed by atoms with Crippen LogP contribution in [-0.4, -0.2) is 62.9 Å². The van der Waals surface area contributed by atoms with Gasteiger partial charge < -0.3 is 26.0 Å². The number of primary amides is 1. The van der Waals surface area contributed by atoms with E-state index in [0.717, 1.165) is 30.3 Å². The zero-order chi connectivity index (χ0) is 42.5. The third kappa shape index (κ3) is 6.77. The molecule has 5 aromatic rings. The molecular formula is C39H30F8N8O4S. The molecule has 2 aromatic carbocycles. The van der Waals surface area contributed by atoms with Crippen LogP contribution in [0.1, 0.15) is 63.4 Å². The van der Waals surface area contributed by atoms with Crippen molar-refractivity contribution in [3.63, 3.8) is 0 Å². The molecule has 2 aliphatic carbocycles. The number of hydrogen-bond donors (Lipinski definition) is 3. The Balaban J connectivity index is 1.13. The summed E-state index contributed by atoms with van der Waals surface area (Å²) >= 11 is 1.22. The van der Waals surface area contributed by atoms with Gasteiger partial charge in [0.1, 0.15) is 35.3 Å². The number of benzene rings is 2. The second-order valence-electron chi connectivity index (χ2n) is 15.1. The van der Waals surface area contributed by atoms with Crippen LogP contribution in [0.2, 0.25) is 0 Å². The van der Waals surface area contributed by atoms with Crippen LogP contribution in [-0.2, 0) is 34.6 Å². The van der Waals surface area contributed by atoms with Crippen molar-refractivity contribution in [3.8, 4) is 11.1 Å². The van der Waals surface area contributed by atoms with Gasteiger partial charge in [-0.25, -0.2) is 22.9 Å². The van der Waals surface area contributed by atoms with Gasteiger partial charge in [-0.2, -0.15) is 32.0 Å². The van der Waals surface area contributed by atoms with Crippen LogP contribution < -0.4 is 21.3 Å². The number of halogens is 8. The largest absolute Gasteiger partial charge is 0.441 e. The number of pyridine rings is 1. The van der Waals surface area contributed by atoms with Crippen LogP contribution in [0.3, 0.4) is 0 Å². The van der Waals surface area contributed by atoms with Crippen molar-refractivity contribution in [2.45, 2.75) is 55.5 Å². The lowest BCUT2D eigenvalue weighted by molar-refractivity contribution is -0.142. The van der Waals surface area contributed by atoms with Gasteiger partial charge in [0, 0.05) is 49.0 Å². The maximum Gasteiger partial charge on any atom is 0.435 e. The van der Waals surface area contributed by atoms with Crippen molar-refractivity contribution < 1.29 is 54.2 Å². The molecule has 2 fully saturated rings. The molecule has 5 heterocycles. The molecule has 1 spiro atoms. The van der Waals surface area contributed by atoms with E-state index in [0.29, 0.717) is 53.1 Å². The zero-order valence-corrected chi connectivity index (χ0v) is 31.6. The van der Waals surface area contributed by atoms with E-state index in [1.165, 1.54) is 23.5 Å². The van der Waals surface area contributed by atoms with E-state index in [1.807, 2.05) is 4.90 Å². The average molecular weight is 859 g/mol. The quantitative estimate of drug-likeness (QED) is 0.110. The molecule has 2 aliphatic heterocycles. The molecule has 0 unspecified atom stereocenters. The highest BCUT2D eigenvalue weighted by molar-refractivity contribution is 7.22. The Morgan fingerprint density at radius 3 is 2.40 bits per heavy atom. The van der Waals surface area contributed by atoms with Crippen molar-refractivity contribution in [1.82, 2.24) is 30.4 Å². The van der Waals surface area contributed by atoms with Crippen LogP contribution in [0.15, 0.2) is 54.6 Å². The Bertz CT molecular complexity index is 2640. The number of nitrogens with zero attached hydrogens (tertiary/aromatic N) is 5. The minimum Gasteiger partial charge on any atom is -0.441 e. The van der Waals surface area contributed by atoms with E-state index >= 15 is 8.78 Å². The fourth-order valence-corrected chi connectivity index (χ4v) is 9.40. The summed E-state index contributed by atoms with van der Waals surface area (Å²) in [6, 6.07) is 6.17. The first-order valence-electron chi connectivity index (χ1n) is 18.5. The number of piperidine rings is 1. The Morgan fingerprint density at radius 1 is 1.03 bits per heavy atom. The number of amides is 3. The highest BCUT2D eigenvalue weighted by Gasteiger charge is 2.61.